The Labute approximate surface area is 120 Å². The minimum Gasteiger partial charge on any atom is -0.354 e. The zero-order valence-corrected chi connectivity index (χ0v) is 11.9. The maximum atomic E-state index is 11.3. The molecule has 2 saturated heterocycles. The molecule has 4 nitrogen and oxygen atoms in total. The highest BCUT2D eigenvalue weighted by Crippen LogP contribution is 2.34. The van der Waals surface area contributed by atoms with Gasteiger partial charge in [0, 0.05) is 6.04 Å². The van der Waals surface area contributed by atoms with E-state index in [2.05, 4.69) is 41.4 Å². The zero-order valence-electron chi connectivity index (χ0n) is 11.9. The third kappa shape index (κ3) is 2.64. The van der Waals surface area contributed by atoms with Gasteiger partial charge >= 0.3 is 0 Å². The average Bonchev–Trinajstić information content (AvgIpc) is 2.92. The molecular formula is C16H22N2O2. The van der Waals surface area contributed by atoms with Crippen molar-refractivity contribution in [3.63, 3.8) is 0 Å². The van der Waals surface area contributed by atoms with Crippen molar-refractivity contribution in [2.75, 3.05) is 19.7 Å². The van der Waals surface area contributed by atoms with Crippen molar-refractivity contribution < 1.29 is 9.53 Å². The Kier molecular flexibility index (Phi) is 4.15. The minimum absolute atomic E-state index is 0.202. The highest BCUT2D eigenvalue weighted by Gasteiger charge is 2.39. The van der Waals surface area contributed by atoms with Gasteiger partial charge in [0.2, 0.25) is 0 Å². The van der Waals surface area contributed by atoms with Crippen molar-refractivity contribution in [3.05, 3.63) is 35.4 Å². The number of carbonyl (C=O) groups is 1. The fraction of sp³-hybridized carbons (Fsp3) is 0.562. The van der Waals surface area contributed by atoms with Gasteiger partial charge in [0.05, 0.1) is 12.6 Å². The minimum atomic E-state index is -0.386. The maximum Gasteiger partial charge on any atom is 0.167 e. The Balaban J connectivity index is 1.86. The lowest BCUT2D eigenvalue weighted by Gasteiger charge is -2.36. The second-order valence-electron chi connectivity index (χ2n) is 5.72. The largest absolute Gasteiger partial charge is 0.354 e. The van der Waals surface area contributed by atoms with E-state index in [0.29, 0.717) is 12.6 Å². The summed E-state index contributed by atoms with van der Waals surface area (Å²) in [7, 11) is 0. The predicted octanol–water partition coefficient (Wildman–Crippen LogP) is 1.65. The van der Waals surface area contributed by atoms with Gasteiger partial charge in [0.15, 0.2) is 12.5 Å². The van der Waals surface area contributed by atoms with Gasteiger partial charge < -0.3 is 10.1 Å². The molecule has 2 fully saturated rings. The van der Waals surface area contributed by atoms with E-state index in [1.807, 2.05) is 0 Å². The molecule has 0 saturated carbocycles. The van der Waals surface area contributed by atoms with Crippen LogP contribution >= 0.6 is 0 Å². The number of nitrogens with zero attached hydrogens (tertiary/aromatic N) is 1. The summed E-state index contributed by atoms with van der Waals surface area (Å²) in [5.74, 6) is 0. The molecule has 0 aromatic heterocycles. The van der Waals surface area contributed by atoms with Crippen LogP contribution in [0.1, 0.15) is 30.0 Å². The maximum absolute atomic E-state index is 11.3. The van der Waals surface area contributed by atoms with Crippen molar-refractivity contribution in [3.8, 4) is 0 Å². The predicted molar refractivity (Wildman–Crippen MR) is 77.5 cm³/mol. The van der Waals surface area contributed by atoms with Crippen LogP contribution in [0.3, 0.4) is 0 Å². The molecule has 108 valence electrons. The molecular weight excluding hydrogens is 252 g/mol. The second kappa shape index (κ2) is 6.04. The molecule has 4 heteroatoms. The summed E-state index contributed by atoms with van der Waals surface area (Å²) in [5.41, 5.74) is 2.51. The van der Waals surface area contributed by atoms with Gasteiger partial charge in [-0.25, -0.2) is 0 Å². The highest BCUT2D eigenvalue weighted by molar-refractivity contribution is 5.56. The Morgan fingerprint density at radius 2 is 2.15 bits per heavy atom. The first kappa shape index (κ1) is 13.7. The molecule has 2 aliphatic rings. The van der Waals surface area contributed by atoms with E-state index in [0.717, 1.165) is 32.2 Å². The number of hydrogen-bond donors (Lipinski definition) is 1. The van der Waals surface area contributed by atoms with E-state index in [4.69, 9.17) is 4.74 Å². The second-order valence-corrected chi connectivity index (χ2v) is 5.72. The van der Waals surface area contributed by atoms with E-state index >= 15 is 0 Å². The van der Waals surface area contributed by atoms with Crippen molar-refractivity contribution in [1.82, 2.24) is 10.2 Å². The van der Waals surface area contributed by atoms with Crippen molar-refractivity contribution in [1.29, 1.82) is 0 Å². The van der Waals surface area contributed by atoms with Crippen LogP contribution in [0.15, 0.2) is 24.3 Å². The van der Waals surface area contributed by atoms with Gasteiger partial charge in [0.1, 0.15) is 0 Å². The third-order valence-electron chi connectivity index (χ3n) is 4.35. The Morgan fingerprint density at radius 3 is 2.85 bits per heavy atom. The first-order chi connectivity index (χ1) is 9.79. The van der Waals surface area contributed by atoms with E-state index in [-0.39, 0.29) is 12.3 Å². The van der Waals surface area contributed by atoms with Crippen LogP contribution in [0.25, 0.3) is 0 Å². The van der Waals surface area contributed by atoms with Gasteiger partial charge in [-0.2, -0.15) is 0 Å². The summed E-state index contributed by atoms with van der Waals surface area (Å²) < 4.78 is 5.71. The lowest BCUT2D eigenvalue weighted by molar-refractivity contribution is -0.123. The van der Waals surface area contributed by atoms with E-state index in [1.165, 1.54) is 11.1 Å². The Hall–Kier alpha value is -1.23. The zero-order chi connectivity index (χ0) is 13.9. The summed E-state index contributed by atoms with van der Waals surface area (Å²) in [5, 5.41) is 3.38. The van der Waals surface area contributed by atoms with E-state index in [1.54, 1.807) is 0 Å². The van der Waals surface area contributed by atoms with Crippen molar-refractivity contribution in [2.45, 2.75) is 38.1 Å². The lowest BCUT2D eigenvalue weighted by Crippen LogP contribution is -2.47. The molecule has 1 aromatic rings. The summed E-state index contributed by atoms with van der Waals surface area (Å²) in [4.78, 5) is 13.6. The normalized spacial score (nSPS) is 28.6. The van der Waals surface area contributed by atoms with Crippen LogP contribution in [-0.4, -0.2) is 43.2 Å². The number of aldehydes is 1. The molecule has 0 amide bonds. The number of nitrogens with one attached hydrogen (secondary N) is 1. The van der Waals surface area contributed by atoms with Crippen LogP contribution in [0.4, 0.5) is 0 Å². The SMILES string of the molecule is Cc1cccc([C@@H]2COC(C=O)N2C2CCNCC2)c1. The number of aryl methyl sites for hydroxylation is 1. The smallest absolute Gasteiger partial charge is 0.167 e. The average molecular weight is 274 g/mol. The topological polar surface area (TPSA) is 41.6 Å². The first-order valence-corrected chi connectivity index (χ1v) is 7.41. The number of rotatable bonds is 3. The van der Waals surface area contributed by atoms with Crippen LogP contribution in [-0.2, 0) is 9.53 Å². The van der Waals surface area contributed by atoms with Gasteiger partial charge in [0.25, 0.3) is 0 Å². The molecule has 1 unspecified atom stereocenters. The van der Waals surface area contributed by atoms with Crippen LogP contribution in [0.5, 0.6) is 0 Å². The molecule has 0 spiro atoms. The van der Waals surface area contributed by atoms with Gasteiger partial charge in [-0.1, -0.05) is 29.8 Å². The van der Waals surface area contributed by atoms with Crippen molar-refractivity contribution >= 4 is 6.29 Å². The van der Waals surface area contributed by atoms with Crippen LogP contribution < -0.4 is 5.32 Å². The van der Waals surface area contributed by atoms with Gasteiger partial charge in [-0.15, -0.1) is 0 Å². The fourth-order valence-corrected chi connectivity index (χ4v) is 3.36. The molecule has 20 heavy (non-hydrogen) atoms. The summed E-state index contributed by atoms with van der Waals surface area (Å²) >= 11 is 0. The van der Waals surface area contributed by atoms with E-state index < -0.39 is 0 Å². The van der Waals surface area contributed by atoms with E-state index in [9.17, 15) is 4.79 Å². The Bertz CT molecular complexity index is 471. The lowest BCUT2D eigenvalue weighted by atomic mass is 9.98. The number of ether oxygens (including phenoxy) is 1. The van der Waals surface area contributed by atoms with Gasteiger partial charge in [-0.3, -0.25) is 9.69 Å². The molecule has 3 rings (SSSR count). The summed E-state index contributed by atoms with van der Waals surface area (Å²) in [6.45, 7) is 4.75. The van der Waals surface area contributed by atoms with Gasteiger partial charge in [-0.05, 0) is 38.4 Å². The first-order valence-electron chi connectivity index (χ1n) is 7.41. The molecule has 0 radical (unpaired) electrons. The van der Waals surface area contributed by atoms with Crippen molar-refractivity contribution in [2.24, 2.45) is 0 Å². The summed E-state index contributed by atoms with van der Waals surface area (Å²) in [6, 6.07) is 9.16. The monoisotopic (exact) mass is 274 g/mol. The molecule has 0 bridgehead atoms. The number of hydrogen-bond acceptors (Lipinski definition) is 4. The number of piperidine rings is 1. The molecule has 2 atom stereocenters. The standard InChI is InChI=1S/C16H22N2O2/c1-12-3-2-4-13(9-12)15-11-20-16(10-19)18(15)14-5-7-17-8-6-14/h2-4,9-10,14-17H,5-8,11H2,1H3/t15-,16?/m0/s1. The quantitative estimate of drug-likeness (QED) is 0.851. The van der Waals surface area contributed by atoms with Crippen LogP contribution in [0.2, 0.25) is 0 Å². The fourth-order valence-electron chi connectivity index (χ4n) is 3.36. The molecule has 1 aromatic carbocycles. The molecule has 0 aliphatic carbocycles. The molecule has 1 N–H and O–H groups in total. The highest BCUT2D eigenvalue weighted by atomic mass is 16.5. The Morgan fingerprint density at radius 1 is 1.35 bits per heavy atom. The number of carbonyl (C=O) groups excluding carboxylic acids is 1. The number of benzene rings is 1. The molecule has 2 aliphatic heterocycles. The third-order valence-corrected chi connectivity index (χ3v) is 4.35. The molecule has 2 heterocycles. The van der Waals surface area contributed by atoms with Crippen LogP contribution in [0, 0.1) is 6.92 Å². The summed E-state index contributed by atoms with van der Waals surface area (Å²) in [6.07, 6.45) is 2.72.